The summed E-state index contributed by atoms with van der Waals surface area (Å²) >= 11 is 1.33. The molecule has 1 aromatic carbocycles. The first-order valence-electron chi connectivity index (χ1n) is 3.91. The Labute approximate surface area is 82.3 Å². The van der Waals surface area contributed by atoms with Gasteiger partial charge in [0.1, 0.15) is 0 Å². The number of benzene rings is 1. The van der Waals surface area contributed by atoms with Gasteiger partial charge in [0.25, 0.3) is 0 Å². The molecular weight excluding hydrogens is 180 g/mol. The Hall–Kier alpha value is -1.22. The summed E-state index contributed by atoms with van der Waals surface area (Å²) in [6.45, 7) is 3.72. The second-order valence-electron chi connectivity index (χ2n) is 2.56. The average molecular weight is 192 g/mol. The van der Waals surface area contributed by atoms with Crippen LogP contribution < -0.4 is 5.73 Å². The normalized spacial score (nSPS) is 9.54. The van der Waals surface area contributed by atoms with E-state index < -0.39 is 0 Å². The van der Waals surface area contributed by atoms with Crippen LogP contribution in [0.3, 0.4) is 0 Å². The van der Waals surface area contributed by atoms with Crippen LogP contribution in [0, 0.1) is 5.41 Å². The minimum atomic E-state index is 0.152. The van der Waals surface area contributed by atoms with Crippen LogP contribution in [0.1, 0.15) is 11.1 Å². The van der Waals surface area contributed by atoms with Crippen LogP contribution in [0.25, 0.3) is 6.08 Å². The van der Waals surface area contributed by atoms with Gasteiger partial charge in [-0.1, -0.05) is 48.7 Å². The van der Waals surface area contributed by atoms with Gasteiger partial charge in [-0.05, 0) is 11.1 Å². The molecule has 3 N–H and O–H groups in total. The molecule has 0 aliphatic rings. The summed E-state index contributed by atoms with van der Waals surface area (Å²) in [4.78, 5) is 0. The molecule has 0 unspecified atom stereocenters. The molecule has 0 bridgehead atoms. The fourth-order valence-corrected chi connectivity index (χ4v) is 1.59. The molecule has 0 saturated carbocycles. The number of hydrogen-bond donors (Lipinski definition) is 2. The summed E-state index contributed by atoms with van der Waals surface area (Å²) in [5.41, 5.74) is 7.52. The summed E-state index contributed by atoms with van der Waals surface area (Å²) in [6, 6.07) is 7.97. The van der Waals surface area contributed by atoms with Crippen molar-refractivity contribution in [1.82, 2.24) is 0 Å². The number of nitrogens with two attached hydrogens (primary N) is 1. The van der Waals surface area contributed by atoms with E-state index in [1.54, 1.807) is 0 Å². The first kappa shape index (κ1) is 9.86. The molecule has 2 nitrogen and oxygen atoms in total. The van der Waals surface area contributed by atoms with E-state index in [0.717, 1.165) is 16.9 Å². The van der Waals surface area contributed by atoms with Gasteiger partial charge in [-0.3, -0.25) is 5.41 Å². The standard InChI is InChI=1S/C10H12N2S/c1-2-8-5-3-4-6-9(8)7-13-10(11)12/h2-6H,1,7H2,(H3,11,12). The lowest BCUT2D eigenvalue weighted by Gasteiger charge is -2.03. The molecular formula is C10H12N2S. The molecule has 13 heavy (non-hydrogen) atoms. The third-order valence-corrected chi connectivity index (χ3v) is 2.42. The van der Waals surface area contributed by atoms with Crippen molar-refractivity contribution < 1.29 is 0 Å². The van der Waals surface area contributed by atoms with E-state index in [0.29, 0.717) is 0 Å². The van der Waals surface area contributed by atoms with E-state index >= 15 is 0 Å². The third-order valence-electron chi connectivity index (χ3n) is 1.66. The van der Waals surface area contributed by atoms with Gasteiger partial charge < -0.3 is 5.73 Å². The highest BCUT2D eigenvalue weighted by Crippen LogP contribution is 2.16. The molecule has 68 valence electrons. The van der Waals surface area contributed by atoms with Crippen molar-refractivity contribution in [3.05, 3.63) is 42.0 Å². The zero-order valence-electron chi connectivity index (χ0n) is 7.29. The Morgan fingerprint density at radius 3 is 2.85 bits per heavy atom. The summed E-state index contributed by atoms with van der Waals surface area (Å²) in [6.07, 6.45) is 1.82. The van der Waals surface area contributed by atoms with Crippen molar-refractivity contribution in [2.45, 2.75) is 5.75 Å². The highest BCUT2D eigenvalue weighted by Gasteiger charge is 1.98. The number of amidine groups is 1. The van der Waals surface area contributed by atoms with Crippen molar-refractivity contribution in [2.75, 3.05) is 0 Å². The topological polar surface area (TPSA) is 49.9 Å². The van der Waals surface area contributed by atoms with Gasteiger partial charge in [0.05, 0.1) is 0 Å². The van der Waals surface area contributed by atoms with Crippen molar-refractivity contribution in [3.8, 4) is 0 Å². The number of hydrogen-bond acceptors (Lipinski definition) is 2. The minimum absolute atomic E-state index is 0.152. The van der Waals surface area contributed by atoms with Gasteiger partial charge in [-0.15, -0.1) is 0 Å². The van der Waals surface area contributed by atoms with Gasteiger partial charge in [0.2, 0.25) is 0 Å². The molecule has 0 fully saturated rings. The van der Waals surface area contributed by atoms with E-state index in [2.05, 4.69) is 6.58 Å². The van der Waals surface area contributed by atoms with Crippen LogP contribution in [-0.2, 0) is 5.75 Å². The van der Waals surface area contributed by atoms with Crippen molar-refractivity contribution >= 4 is 23.0 Å². The van der Waals surface area contributed by atoms with Crippen LogP contribution in [0.5, 0.6) is 0 Å². The van der Waals surface area contributed by atoms with Gasteiger partial charge in [0.15, 0.2) is 5.17 Å². The fraction of sp³-hybridized carbons (Fsp3) is 0.100. The van der Waals surface area contributed by atoms with E-state index in [9.17, 15) is 0 Å². The summed E-state index contributed by atoms with van der Waals surface area (Å²) in [7, 11) is 0. The Morgan fingerprint density at radius 1 is 1.54 bits per heavy atom. The molecule has 0 aliphatic carbocycles. The van der Waals surface area contributed by atoms with Crippen molar-refractivity contribution in [3.63, 3.8) is 0 Å². The van der Waals surface area contributed by atoms with E-state index in [1.807, 2.05) is 30.3 Å². The Balaban J connectivity index is 2.75. The van der Waals surface area contributed by atoms with E-state index in [1.165, 1.54) is 11.8 Å². The minimum Gasteiger partial charge on any atom is -0.379 e. The Bertz CT molecular complexity index is 320. The molecule has 0 radical (unpaired) electrons. The second-order valence-corrected chi connectivity index (χ2v) is 3.57. The van der Waals surface area contributed by atoms with Gasteiger partial charge in [-0.25, -0.2) is 0 Å². The second kappa shape index (κ2) is 4.72. The molecule has 1 aromatic rings. The maximum absolute atomic E-state index is 7.09. The number of nitrogens with one attached hydrogen (secondary N) is 1. The quantitative estimate of drug-likeness (QED) is 0.571. The highest BCUT2D eigenvalue weighted by molar-refractivity contribution is 8.13. The maximum Gasteiger partial charge on any atom is 0.151 e. The zero-order valence-corrected chi connectivity index (χ0v) is 8.10. The monoisotopic (exact) mass is 192 g/mol. The van der Waals surface area contributed by atoms with Crippen LogP contribution in [0.4, 0.5) is 0 Å². The molecule has 0 saturated heterocycles. The van der Waals surface area contributed by atoms with Crippen molar-refractivity contribution in [2.24, 2.45) is 5.73 Å². The maximum atomic E-state index is 7.09. The van der Waals surface area contributed by atoms with E-state index in [4.69, 9.17) is 11.1 Å². The molecule has 0 amide bonds. The van der Waals surface area contributed by atoms with Crippen LogP contribution in [0.15, 0.2) is 30.8 Å². The third kappa shape index (κ3) is 2.95. The van der Waals surface area contributed by atoms with Crippen LogP contribution in [0.2, 0.25) is 0 Å². The molecule has 0 aromatic heterocycles. The molecule has 0 spiro atoms. The summed E-state index contributed by atoms with van der Waals surface area (Å²) in [5.74, 6) is 0.734. The van der Waals surface area contributed by atoms with Gasteiger partial charge in [0, 0.05) is 5.75 Å². The summed E-state index contributed by atoms with van der Waals surface area (Å²) < 4.78 is 0. The molecule has 0 heterocycles. The fourth-order valence-electron chi connectivity index (χ4n) is 1.02. The highest BCUT2D eigenvalue weighted by atomic mass is 32.2. The van der Waals surface area contributed by atoms with E-state index in [-0.39, 0.29) is 5.17 Å². The van der Waals surface area contributed by atoms with Crippen molar-refractivity contribution in [1.29, 1.82) is 5.41 Å². The molecule has 1 rings (SSSR count). The predicted molar refractivity (Wildman–Crippen MR) is 59.7 cm³/mol. The lowest BCUT2D eigenvalue weighted by Crippen LogP contribution is -2.04. The lowest BCUT2D eigenvalue weighted by atomic mass is 10.1. The molecule has 0 atom stereocenters. The Morgan fingerprint density at radius 2 is 2.23 bits per heavy atom. The van der Waals surface area contributed by atoms with Gasteiger partial charge >= 0.3 is 0 Å². The zero-order chi connectivity index (χ0) is 9.68. The predicted octanol–water partition coefficient (Wildman–Crippen LogP) is 2.46. The smallest absolute Gasteiger partial charge is 0.151 e. The number of rotatable bonds is 3. The Kier molecular flexibility index (Phi) is 3.58. The van der Waals surface area contributed by atoms with Gasteiger partial charge in [-0.2, -0.15) is 0 Å². The molecule has 3 heteroatoms. The SMILES string of the molecule is C=Cc1ccccc1CSC(=N)N. The average Bonchev–Trinajstić information content (AvgIpc) is 2.15. The lowest BCUT2D eigenvalue weighted by molar-refractivity contribution is 1.39. The first-order chi connectivity index (χ1) is 6.24. The largest absolute Gasteiger partial charge is 0.379 e. The summed E-state index contributed by atoms with van der Waals surface area (Å²) in [5, 5.41) is 7.24. The van der Waals surface area contributed by atoms with Crippen LogP contribution >= 0.6 is 11.8 Å². The first-order valence-corrected chi connectivity index (χ1v) is 4.89. The number of thioether (sulfide) groups is 1. The molecule has 0 aliphatic heterocycles. The van der Waals surface area contributed by atoms with Crippen LogP contribution in [-0.4, -0.2) is 5.17 Å².